The minimum Gasteiger partial charge on any atom is -0.495 e. The number of hydrogen-bond donors (Lipinski definition) is 1. The number of carbonyl (C=O) groups excluding carboxylic acids is 1. The Morgan fingerprint density at radius 1 is 1.30 bits per heavy atom. The third-order valence-corrected chi connectivity index (χ3v) is 4.92. The van der Waals surface area contributed by atoms with Gasteiger partial charge >= 0.3 is 6.03 Å². The largest absolute Gasteiger partial charge is 0.495 e. The van der Waals surface area contributed by atoms with Crippen molar-refractivity contribution in [1.82, 2.24) is 0 Å². The molecule has 1 aliphatic rings. The normalized spacial score (nSPS) is 16.7. The molecular formula is C18H20N2O2S. The van der Waals surface area contributed by atoms with Crippen molar-refractivity contribution in [2.24, 2.45) is 0 Å². The van der Waals surface area contributed by atoms with E-state index in [9.17, 15) is 4.79 Å². The van der Waals surface area contributed by atoms with E-state index in [1.165, 1.54) is 0 Å². The zero-order valence-electron chi connectivity index (χ0n) is 13.5. The molecule has 2 amide bonds. The first kappa shape index (κ1) is 15.7. The zero-order valence-corrected chi connectivity index (χ0v) is 14.3. The smallest absolute Gasteiger partial charge is 0.326 e. The second-order valence-electron chi connectivity index (χ2n) is 5.64. The standard InChI is InChI=1S/C18H20N2O2S/c1-12-8-9-16(22-3)14(10-12)19-18(21)20-11-13(2)23-17-7-5-4-6-15(17)20/h4-10,13H,11H2,1-3H3,(H,19,21)/t13-/m1/s1. The fraction of sp³-hybridized carbons (Fsp3) is 0.278. The molecule has 0 aliphatic carbocycles. The molecular weight excluding hydrogens is 308 g/mol. The number of rotatable bonds is 2. The molecule has 1 aliphatic heterocycles. The van der Waals surface area contributed by atoms with E-state index in [0.29, 0.717) is 23.2 Å². The van der Waals surface area contributed by atoms with Crippen molar-refractivity contribution in [3.63, 3.8) is 0 Å². The molecule has 3 rings (SSSR count). The average molecular weight is 328 g/mol. The lowest BCUT2D eigenvalue weighted by atomic mass is 10.2. The van der Waals surface area contributed by atoms with Crippen molar-refractivity contribution in [2.75, 3.05) is 23.9 Å². The summed E-state index contributed by atoms with van der Waals surface area (Å²) >= 11 is 1.80. The molecule has 4 nitrogen and oxygen atoms in total. The van der Waals surface area contributed by atoms with E-state index in [0.717, 1.165) is 16.1 Å². The van der Waals surface area contributed by atoms with Gasteiger partial charge in [-0.3, -0.25) is 4.90 Å². The lowest BCUT2D eigenvalue weighted by molar-refractivity contribution is 0.256. The van der Waals surface area contributed by atoms with Gasteiger partial charge in [-0.1, -0.05) is 25.1 Å². The highest BCUT2D eigenvalue weighted by Gasteiger charge is 2.27. The first-order chi connectivity index (χ1) is 11.1. The Morgan fingerprint density at radius 3 is 2.87 bits per heavy atom. The third kappa shape index (κ3) is 3.29. The number of anilines is 2. The summed E-state index contributed by atoms with van der Waals surface area (Å²) < 4.78 is 5.34. The Labute approximate surface area is 140 Å². The summed E-state index contributed by atoms with van der Waals surface area (Å²) in [6, 6.07) is 13.6. The quantitative estimate of drug-likeness (QED) is 0.880. The molecule has 0 radical (unpaired) electrons. The second-order valence-corrected chi connectivity index (χ2v) is 7.12. The highest BCUT2D eigenvalue weighted by Crippen LogP contribution is 2.38. The van der Waals surface area contributed by atoms with Gasteiger partial charge in [0.25, 0.3) is 0 Å². The number of thioether (sulfide) groups is 1. The number of nitrogens with zero attached hydrogens (tertiary/aromatic N) is 1. The number of para-hydroxylation sites is 1. The minimum absolute atomic E-state index is 0.131. The van der Waals surface area contributed by atoms with Crippen molar-refractivity contribution < 1.29 is 9.53 Å². The number of fused-ring (bicyclic) bond motifs is 1. The van der Waals surface area contributed by atoms with Gasteiger partial charge < -0.3 is 10.1 Å². The maximum atomic E-state index is 12.8. The molecule has 0 fully saturated rings. The fourth-order valence-electron chi connectivity index (χ4n) is 2.68. The van der Waals surface area contributed by atoms with Gasteiger partial charge in [0.1, 0.15) is 5.75 Å². The highest BCUT2D eigenvalue weighted by atomic mass is 32.2. The number of nitrogens with one attached hydrogen (secondary N) is 1. The number of ether oxygens (including phenoxy) is 1. The van der Waals surface area contributed by atoms with Gasteiger partial charge in [-0.25, -0.2) is 4.79 Å². The Balaban J connectivity index is 1.88. The van der Waals surface area contributed by atoms with Crippen LogP contribution in [0, 0.1) is 6.92 Å². The number of carbonyl (C=O) groups is 1. The van der Waals surface area contributed by atoms with Crippen molar-refractivity contribution >= 4 is 29.2 Å². The van der Waals surface area contributed by atoms with Crippen LogP contribution in [-0.4, -0.2) is 24.9 Å². The predicted molar refractivity (Wildman–Crippen MR) is 95.9 cm³/mol. The molecule has 0 aromatic heterocycles. The van der Waals surface area contributed by atoms with Crippen LogP contribution < -0.4 is 15.0 Å². The molecule has 23 heavy (non-hydrogen) atoms. The molecule has 0 saturated carbocycles. The lowest BCUT2D eigenvalue weighted by Gasteiger charge is -2.32. The summed E-state index contributed by atoms with van der Waals surface area (Å²) in [6.07, 6.45) is 0. The van der Waals surface area contributed by atoms with E-state index in [1.54, 1.807) is 23.8 Å². The van der Waals surface area contributed by atoms with Gasteiger partial charge in [-0.2, -0.15) is 0 Å². The first-order valence-corrected chi connectivity index (χ1v) is 8.45. The zero-order chi connectivity index (χ0) is 16.4. The second kappa shape index (κ2) is 6.54. The molecule has 2 aromatic carbocycles. The van der Waals surface area contributed by atoms with Crippen molar-refractivity contribution in [1.29, 1.82) is 0 Å². The van der Waals surface area contributed by atoms with Crippen LogP contribution in [0.1, 0.15) is 12.5 Å². The topological polar surface area (TPSA) is 41.6 Å². The van der Waals surface area contributed by atoms with Crippen molar-refractivity contribution in [3.05, 3.63) is 48.0 Å². The Bertz CT molecular complexity index is 733. The molecule has 0 saturated heterocycles. The van der Waals surface area contributed by atoms with E-state index in [1.807, 2.05) is 43.3 Å². The van der Waals surface area contributed by atoms with E-state index >= 15 is 0 Å². The number of amides is 2. The molecule has 0 unspecified atom stereocenters. The van der Waals surface area contributed by atoms with E-state index in [2.05, 4.69) is 18.3 Å². The van der Waals surface area contributed by atoms with Crippen molar-refractivity contribution in [2.45, 2.75) is 24.0 Å². The number of hydrogen-bond acceptors (Lipinski definition) is 3. The molecule has 1 heterocycles. The number of aryl methyl sites for hydroxylation is 1. The molecule has 120 valence electrons. The Kier molecular flexibility index (Phi) is 4.48. The SMILES string of the molecule is COc1ccc(C)cc1NC(=O)N1C[C@@H](C)Sc2ccccc21. The molecule has 2 aromatic rings. The third-order valence-electron chi connectivity index (χ3n) is 3.77. The summed E-state index contributed by atoms with van der Waals surface area (Å²) in [5, 5.41) is 3.34. The Hall–Kier alpha value is -2.14. The highest BCUT2D eigenvalue weighted by molar-refractivity contribution is 8.00. The summed E-state index contributed by atoms with van der Waals surface area (Å²) in [7, 11) is 1.61. The van der Waals surface area contributed by atoms with Crippen molar-refractivity contribution in [3.8, 4) is 5.75 Å². The van der Waals surface area contributed by atoms with E-state index in [4.69, 9.17) is 4.74 Å². The van der Waals surface area contributed by atoms with Gasteiger partial charge in [-0.15, -0.1) is 11.8 Å². The number of methoxy groups -OCH3 is 1. The van der Waals surface area contributed by atoms with E-state index in [-0.39, 0.29) is 6.03 Å². The number of benzene rings is 2. The predicted octanol–water partition coefficient (Wildman–Crippen LogP) is 4.54. The van der Waals surface area contributed by atoms with Gasteiger partial charge in [0.2, 0.25) is 0 Å². The van der Waals surface area contributed by atoms with Crippen LogP contribution in [0.3, 0.4) is 0 Å². The average Bonchev–Trinajstić information content (AvgIpc) is 2.54. The van der Waals surface area contributed by atoms with Crippen LogP contribution in [0.25, 0.3) is 0 Å². The fourth-order valence-corrected chi connectivity index (χ4v) is 3.80. The molecule has 0 spiro atoms. The maximum Gasteiger partial charge on any atom is 0.326 e. The monoisotopic (exact) mass is 328 g/mol. The van der Waals surface area contributed by atoms with Gasteiger partial charge in [0.15, 0.2) is 0 Å². The van der Waals surface area contributed by atoms with Crippen LogP contribution in [0.2, 0.25) is 0 Å². The maximum absolute atomic E-state index is 12.8. The Morgan fingerprint density at radius 2 is 2.09 bits per heavy atom. The number of urea groups is 1. The summed E-state index contributed by atoms with van der Waals surface area (Å²) in [6.45, 7) is 4.81. The summed E-state index contributed by atoms with van der Waals surface area (Å²) in [5.74, 6) is 0.664. The van der Waals surface area contributed by atoms with Crippen LogP contribution in [-0.2, 0) is 0 Å². The molecule has 5 heteroatoms. The van der Waals surface area contributed by atoms with Gasteiger partial charge in [-0.05, 0) is 36.8 Å². The first-order valence-electron chi connectivity index (χ1n) is 7.57. The van der Waals surface area contributed by atoms with Crippen LogP contribution >= 0.6 is 11.8 Å². The van der Waals surface area contributed by atoms with Gasteiger partial charge in [0, 0.05) is 16.7 Å². The molecule has 1 atom stereocenters. The van der Waals surface area contributed by atoms with Crippen LogP contribution in [0.5, 0.6) is 5.75 Å². The van der Waals surface area contributed by atoms with Gasteiger partial charge in [0.05, 0.1) is 18.5 Å². The summed E-state index contributed by atoms with van der Waals surface area (Å²) in [5.41, 5.74) is 2.73. The minimum atomic E-state index is -0.131. The summed E-state index contributed by atoms with van der Waals surface area (Å²) in [4.78, 5) is 15.7. The molecule has 0 bridgehead atoms. The van der Waals surface area contributed by atoms with Crippen LogP contribution in [0.15, 0.2) is 47.4 Å². The van der Waals surface area contributed by atoms with E-state index < -0.39 is 0 Å². The molecule has 1 N–H and O–H groups in total. The lowest BCUT2D eigenvalue weighted by Crippen LogP contribution is -2.41. The van der Waals surface area contributed by atoms with Crippen LogP contribution in [0.4, 0.5) is 16.2 Å².